The zero-order valence-corrected chi connectivity index (χ0v) is 10.4. The molecule has 98 valence electrons. The molecule has 4 nitrogen and oxygen atoms in total. The highest BCUT2D eigenvalue weighted by Gasteiger charge is 2.29. The number of benzene rings is 1. The predicted octanol–water partition coefficient (Wildman–Crippen LogP) is 2.47. The van der Waals surface area contributed by atoms with Crippen molar-refractivity contribution in [2.75, 3.05) is 6.54 Å². The number of carbonyl (C=O) groups excluding carboxylic acids is 1. The standard InChI is InChI=1S/C14H19NO3/c16-13(18-12-7-3-1-4-8-12)15-11-14(17)9-5-2-6-10-14/h1,3-4,7-8,17H,2,5-6,9-11H2,(H,15,16). The fourth-order valence-corrected chi connectivity index (χ4v) is 2.26. The summed E-state index contributed by atoms with van der Waals surface area (Å²) < 4.78 is 5.09. The Hall–Kier alpha value is -1.55. The van der Waals surface area contributed by atoms with Crippen molar-refractivity contribution in [3.63, 3.8) is 0 Å². The van der Waals surface area contributed by atoms with Gasteiger partial charge in [0.25, 0.3) is 0 Å². The summed E-state index contributed by atoms with van der Waals surface area (Å²) in [5.41, 5.74) is -0.756. The largest absolute Gasteiger partial charge is 0.412 e. The monoisotopic (exact) mass is 249 g/mol. The van der Waals surface area contributed by atoms with Gasteiger partial charge in [-0.25, -0.2) is 4.79 Å². The van der Waals surface area contributed by atoms with E-state index >= 15 is 0 Å². The lowest BCUT2D eigenvalue weighted by Crippen LogP contribution is -2.45. The molecule has 1 amide bonds. The van der Waals surface area contributed by atoms with Gasteiger partial charge in [-0.3, -0.25) is 0 Å². The van der Waals surface area contributed by atoms with Crippen LogP contribution in [0.25, 0.3) is 0 Å². The Bertz CT molecular complexity index is 385. The van der Waals surface area contributed by atoms with E-state index in [1.807, 2.05) is 6.07 Å². The van der Waals surface area contributed by atoms with Crippen molar-refractivity contribution in [2.45, 2.75) is 37.7 Å². The number of hydrogen-bond acceptors (Lipinski definition) is 3. The molecule has 0 heterocycles. The van der Waals surface area contributed by atoms with Crippen LogP contribution in [-0.2, 0) is 0 Å². The van der Waals surface area contributed by atoms with E-state index in [1.54, 1.807) is 24.3 Å². The summed E-state index contributed by atoms with van der Waals surface area (Å²) in [5.74, 6) is 0.505. The van der Waals surface area contributed by atoms with Crippen molar-refractivity contribution in [1.82, 2.24) is 5.32 Å². The summed E-state index contributed by atoms with van der Waals surface area (Å²) in [5, 5.41) is 12.8. The number of para-hydroxylation sites is 1. The molecule has 18 heavy (non-hydrogen) atoms. The van der Waals surface area contributed by atoms with Crippen LogP contribution in [0.4, 0.5) is 4.79 Å². The first kappa shape index (κ1) is 12.9. The van der Waals surface area contributed by atoms with Crippen LogP contribution in [0.5, 0.6) is 5.75 Å². The minimum Gasteiger partial charge on any atom is -0.410 e. The van der Waals surface area contributed by atoms with E-state index in [9.17, 15) is 9.90 Å². The Morgan fingerprint density at radius 1 is 1.22 bits per heavy atom. The highest BCUT2D eigenvalue weighted by molar-refractivity contribution is 5.70. The van der Waals surface area contributed by atoms with Gasteiger partial charge in [0.05, 0.1) is 5.60 Å². The summed E-state index contributed by atoms with van der Waals surface area (Å²) in [7, 11) is 0. The van der Waals surface area contributed by atoms with Gasteiger partial charge in [0.1, 0.15) is 5.75 Å². The van der Waals surface area contributed by atoms with E-state index in [0.717, 1.165) is 32.1 Å². The van der Waals surface area contributed by atoms with Gasteiger partial charge in [-0.05, 0) is 25.0 Å². The molecular weight excluding hydrogens is 230 g/mol. The average Bonchev–Trinajstić information content (AvgIpc) is 2.39. The molecule has 0 saturated heterocycles. The highest BCUT2D eigenvalue weighted by atomic mass is 16.6. The topological polar surface area (TPSA) is 58.6 Å². The number of carbonyl (C=O) groups is 1. The average molecular weight is 249 g/mol. The van der Waals surface area contributed by atoms with Crippen molar-refractivity contribution in [1.29, 1.82) is 0 Å². The van der Waals surface area contributed by atoms with Gasteiger partial charge in [-0.2, -0.15) is 0 Å². The van der Waals surface area contributed by atoms with Crippen LogP contribution in [-0.4, -0.2) is 23.3 Å². The van der Waals surface area contributed by atoms with Crippen molar-refractivity contribution in [3.05, 3.63) is 30.3 Å². The maximum atomic E-state index is 11.6. The van der Waals surface area contributed by atoms with Crippen LogP contribution in [0.1, 0.15) is 32.1 Å². The molecule has 1 aliphatic rings. The van der Waals surface area contributed by atoms with Gasteiger partial charge < -0.3 is 15.2 Å². The maximum absolute atomic E-state index is 11.6. The smallest absolute Gasteiger partial charge is 0.410 e. The number of ether oxygens (including phenoxy) is 1. The summed E-state index contributed by atoms with van der Waals surface area (Å²) in [4.78, 5) is 11.6. The fourth-order valence-electron chi connectivity index (χ4n) is 2.26. The molecule has 0 aliphatic heterocycles. The van der Waals surface area contributed by atoms with Crippen molar-refractivity contribution >= 4 is 6.09 Å². The van der Waals surface area contributed by atoms with E-state index in [2.05, 4.69) is 5.32 Å². The first-order valence-electron chi connectivity index (χ1n) is 6.41. The molecule has 0 radical (unpaired) electrons. The molecule has 2 N–H and O–H groups in total. The van der Waals surface area contributed by atoms with E-state index in [0.29, 0.717) is 5.75 Å². The van der Waals surface area contributed by atoms with Crippen LogP contribution in [0, 0.1) is 0 Å². The second kappa shape index (κ2) is 5.87. The lowest BCUT2D eigenvalue weighted by atomic mass is 9.85. The Balaban J connectivity index is 1.78. The molecular formula is C14H19NO3. The number of hydrogen-bond donors (Lipinski definition) is 2. The van der Waals surface area contributed by atoms with Crippen LogP contribution in [0.3, 0.4) is 0 Å². The Kier molecular flexibility index (Phi) is 4.20. The summed E-state index contributed by atoms with van der Waals surface area (Å²) in [6, 6.07) is 8.90. The van der Waals surface area contributed by atoms with Crippen molar-refractivity contribution in [2.24, 2.45) is 0 Å². The van der Waals surface area contributed by atoms with E-state index in [1.165, 1.54) is 0 Å². The maximum Gasteiger partial charge on any atom is 0.412 e. The normalized spacial score (nSPS) is 18.1. The lowest BCUT2D eigenvalue weighted by Gasteiger charge is -2.31. The molecule has 0 bridgehead atoms. The molecule has 1 fully saturated rings. The quantitative estimate of drug-likeness (QED) is 0.865. The Morgan fingerprint density at radius 2 is 1.89 bits per heavy atom. The summed E-state index contributed by atoms with van der Waals surface area (Å²) >= 11 is 0. The van der Waals surface area contributed by atoms with Gasteiger partial charge in [0.2, 0.25) is 0 Å². The molecule has 1 saturated carbocycles. The molecule has 1 aromatic rings. The van der Waals surface area contributed by atoms with Gasteiger partial charge in [-0.15, -0.1) is 0 Å². The molecule has 1 aliphatic carbocycles. The first-order chi connectivity index (χ1) is 8.68. The SMILES string of the molecule is O=C(NCC1(O)CCCCC1)Oc1ccccc1. The third-order valence-electron chi connectivity index (χ3n) is 3.30. The molecule has 0 aromatic heterocycles. The summed E-state index contributed by atoms with van der Waals surface area (Å²) in [6.45, 7) is 0.263. The minimum atomic E-state index is -0.756. The second-order valence-electron chi connectivity index (χ2n) is 4.84. The van der Waals surface area contributed by atoms with Gasteiger partial charge in [-0.1, -0.05) is 37.5 Å². The zero-order valence-electron chi connectivity index (χ0n) is 10.4. The van der Waals surface area contributed by atoms with Crippen LogP contribution >= 0.6 is 0 Å². The zero-order chi connectivity index (χ0) is 12.8. The molecule has 2 rings (SSSR count). The highest BCUT2D eigenvalue weighted by Crippen LogP contribution is 2.27. The van der Waals surface area contributed by atoms with Gasteiger partial charge in [0.15, 0.2) is 0 Å². The summed E-state index contributed by atoms with van der Waals surface area (Å²) in [6.07, 6.45) is 4.19. The Morgan fingerprint density at radius 3 is 2.56 bits per heavy atom. The van der Waals surface area contributed by atoms with Crippen molar-refractivity contribution < 1.29 is 14.6 Å². The molecule has 0 unspecified atom stereocenters. The van der Waals surface area contributed by atoms with Gasteiger partial charge >= 0.3 is 6.09 Å². The first-order valence-corrected chi connectivity index (χ1v) is 6.41. The Labute approximate surface area is 107 Å². The minimum absolute atomic E-state index is 0.263. The lowest BCUT2D eigenvalue weighted by molar-refractivity contribution is 0.00595. The molecule has 0 atom stereocenters. The van der Waals surface area contributed by atoms with Gasteiger partial charge in [0, 0.05) is 6.54 Å². The number of aliphatic hydroxyl groups is 1. The molecule has 1 aromatic carbocycles. The second-order valence-corrected chi connectivity index (χ2v) is 4.84. The van der Waals surface area contributed by atoms with E-state index in [-0.39, 0.29) is 6.54 Å². The number of nitrogens with one attached hydrogen (secondary N) is 1. The van der Waals surface area contributed by atoms with Crippen LogP contribution in [0.2, 0.25) is 0 Å². The predicted molar refractivity (Wildman–Crippen MR) is 68.5 cm³/mol. The number of amides is 1. The van der Waals surface area contributed by atoms with E-state index < -0.39 is 11.7 Å². The molecule has 0 spiro atoms. The molecule has 4 heteroatoms. The van der Waals surface area contributed by atoms with Crippen molar-refractivity contribution in [3.8, 4) is 5.75 Å². The third kappa shape index (κ3) is 3.74. The van der Waals surface area contributed by atoms with E-state index in [4.69, 9.17) is 4.74 Å². The van der Waals surface area contributed by atoms with Crippen LogP contribution in [0.15, 0.2) is 30.3 Å². The van der Waals surface area contributed by atoms with Crippen LogP contribution < -0.4 is 10.1 Å². The third-order valence-corrected chi connectivity index (χ3v) is 3.30. The fraction of sp³-hybridized carbons (Fsp3) is 0.500. The number of rotatable bonds is 3.